The van der Waals surface area contributed by atoms with Gasteiger partial charge in [-0.2, -0.15) is 0 Å². The van der Waals surface area contributed by atoms with Crippen LogP contribution in [0.1, 0.15) is 52.3 Å². The van der Waals surface area contributed by atoms with Crippen molar-refractivity contribution in [3.63, 3.8) is 0 Å². The molecule has 0 N–H and O–H groups in total. The van der Waals surface area contributed by atoms with Gasteiger partial charge in [0, 0.05) is 30.7 Å². The number of ether oxygens (including phenoxy) is 3. The summed E-state index contributed by atoms with van der Waals surface area (Å²) >= 11 is 6.00. The minimum absolute atomic E-state index is 0.205. The number of benzene rings is 2. The molecule has 3 aromatic rings. The van der Waals surface area contributed by atoms with Crippen molar-refractivity contribution in [3.05, 3.63) is 53.3 Å². The Hall–Kier alpha value is -2.93. The van der Waals surface area contributed by atoms with Crippen LogP contribution in [0.5, 0.6) is 11.5 Å². The van der Waals surface area contributed by atoms with Crippen molar-refractivity contribution in [2.24, 2.45) is 5.92 Å². The molecule has 0 radical (unpaired) electrons. The zero-order chi connectivity index (χ0) is 25.7. The highest BCUT2D eigenvalue weighted by molar-refractivity contribution is 6.30. The van der Waals surface area contributed by atoms with Gasteiger partial charge in [-0.3, -0.25) is 0 Å². The normalized spacial score (nSPS) is 16.2. The van der Waals surface area contributed by atoms with Gasteiger partial charge < -0.3 is 23.7 Å². The van der Waals surface area contributed by atoms with Crippen LogP contribution in [0.15, 0.2) is 42.5 Å². The smallest absolute Gasteiger partial charge is 0.410 e. The van der Waals surface area contributed by atoms with Crippen LogP contribution < -0.4 is 9.47 Å². The van der Waals surface area contributed by atoms with E-state index in [0.29, 0.717) is 17.5 Å². The van der Waals surface area contributed by atoms with Crippen molar-refractivity contribution >= 4 is 28.7 Å². The van der Waals surface area contributed by atoms with Crippen molar-refractivity contribution in [1.82, 2.24) is 14.5 Å². The Morgan fingerprint density at radius 1 is 1.14 bits per heavy atom. The predicted molar refractivity (Wildman–Crippen MR) is 142 cm³/mol. The third-order valence-electron chi connectivity index (χ3n) is 6.38. The van der Waals surface area contributed by atoms with E-state index in [4.69, 9.17) is 30.8 Å². The molecule has 1 aromatic heterocycles. The van der Waals surface area contributed by atoms with Gasteiger partial charge >= 0.3 is 6.09 Å². The maximum Gasteiger partial charge on any atom is 0.410 e. The first-order valence-electron chi connectivity index (χ1n) is 12.6. The minimum Gasteiger partial charge on any atom is -0.497 e. The number of carbonyl (C=O) groups excluding carboxylic acids is 1. The van der Waals surface area contributed by atoms with E-state index >= 15 is 0 Å². The molecule has 4 rings (SSSR count). The Labute approximate surface area is 218 Å². The lowest BCUT2D eigenvalue weighted by Crippen LogP contribution is -2.42. The lowest BCUT2D eigenvalue weighted by Gasteiger charge is -2.34. The van der Waals surface area contributed by atoms with Gasteiger partial charge in [-0.25, -0.2) is 9.78 Å². The summed E-state index contributed by atoms with van der Waals surface area (Å²) in [4.78, 5) is 19.2. The fourth-order valence-electron chi connectivity index (χ4n) is 4.66. The van der Waals surface area contributed by atoms with Gasteiger partial charge in [-0.05, 0) is 88.8 Å². The number of methoxy groups -OCH3 is 1. The summed E-state index contributed by atoms with van der Waals surface area (Å²) < 4.78 is 19.2. The van der Waals surface area contributed by atoms with Gasteiger partial charge in [0.2, 0.25) is 0 Å². The number of hydrogen-bond donors (Lipinski definition) is 0. The van der Waals surface area contributed by atoms with Crippen LogP contribution in [-0.4, -0.2) is 46.3 Å². The molecule has 0 aliphatic carbocycles. The number of aryl methyl sites for hydroxylation is 1. The summed E-state index contributed by atoms with van der Waals surface area (Å²) in [7, 11) is 1.66. The molecule has 8 heteroatoms. The molecule has 1 fully saturated rings. The number of piperidine rings is 1. The van der Waals surface area contributed by atoms with Gasteiger partial charge in [0.25, 0.3) is 0 Å². The fourth-order valence-corrected chi connectivity index (χ4v) is 4.78. The Balaban J connectivity index is 1.42. The van der Waals surface area contributed by atoms with Crippen LogP contribution in [0.25, 0.3) is 11.0 Å². The minimum atomic E-state index is -0.473. The van der Waals surface area contributed by atoms with Gasteiger partial charge in [0.05, 0.1) is 18.1 Å². The molecule has 0 saturated carbocycles. The molecule has 1 amide bonds. The number of carbonyl (C=O) groups is 1. The zero-order valence-electron chi connectivity index (χ0n) is 21.6. The second kappa shape index (κ2) is 11.4. The van der Waals surface area contributed by atoms with Gasteiger partial charge in [-0.15, -0.1) is 0 Å². The molecular weight excluding hydrogens is 478 g/mol. The summed E-state index contributed by atoms with van der Waals surface area (Å²) in [6, 6.07) is 13.3. The highest BCUT2D eigenvalue weighted by Gasteiger charge is 2.27. The second-order valence-corrected chi connectivity index (χ2v) is 10.8. The summed E-state index contributed by atoms with van der Waals surface area (Å²) in [5.74, 6) is 2.86. The Bertz CT molecular complexity index is 1170. The van der Waals surface area contributed by atoms with Crippen LogP contribution >= 0.6 is 11.6 Å². The Kier molecular flexibility index (Phi) is 8.29. The monoisotopic (exact) mass is 513 g/mol. The summed E-state index contributed by atoms with van der Waals surface area (Å²) in [5, 5.41) is 0.676. The number of aromatic nitrogens is 2. The highest BCUT2D eigenvalue weighted by Crippen LogP contribution is 2.26. The number of halogens is 1. The van der Waals surface area contributed by atoms with Crippen LogP contribution in [0, 0.1) is 5.92 Å². The largest absolute Gasteiger partial charge is 0.497 e. The standard InChI is InChI=1S/C28H36ClN3O4/c1-28(2,3)36-27(33)31-15-5-7-20(18-31)8-6-16-32-25-14-13-23(34-4)17-24(25)30-26(32)19-35-22-11-9-21(29)10-12-22/h9-14,17,20H,5-8,15-16,18-19H2,1-4H3. The Morgan fingerprint density at radius 2 is 1.89 bits per heavy atom. The highest BCUT2D eigenvalue weighted by atomic mass is 35.5. The van der Waals surface area contributed by atoms with E-state index < -0.39 is 5.60 Å². The average Bonchev–Trinajstić information content (AvgIpc) is 3.19. The van der Waals surface area contributed by atoms with Gasteiger partial charge in [-0.1, -0.05) is 11.6 Å². The van der Waals surface area contributed by atoms with Crippen LogP contribution in [0.3, 0.4) is 0 Å². The molecule has 36 heavy (non-hydrogen) atoms. The molecule has 1 unspecified atom stereocenters. The number of amides is 1. The van der Waals surface area contributed by atoms with E-state index in [0.717, 1.165) is 73.7 Å². The molecule has 2 heterocycles. The van der Waals surface area contributed by atoms with Crippen molar-refractivity contribution in [1.29, 1.82) is 0 Å². The summed E-state index contributed by atoms with van der Waals surface area (Å²) in [5.41, 5.74) is 1.47. The van der Waals surface area contributed by atoms with Crippen molar-refractivity contribution in [3.8, 4) is 11.5 Å². The topological polar surface area (TPSA) is 65.8 Å². The quantitative estimate of drug-likeness (QED) is 0.335. The van der Waals surface area contributed by atoms with Crippen LogP contribution in [0.2, 0.25) is 5.02 Å². The summed E-state index contributed by atoms with van der Waals surface area (Å²) in [6.07, 6.45) is 3.96. The van der Waals surface area contributed by atoms with E-state index in [2.05, 4.69) is 10.6 Å². The molecule has 0 bridgehead atoms. The number of imidazole rings is 1. The molecule has 0 spiro atoms. The number of rotatable bonds is 8. The molecule has 1 aliphatic rings. The van der Waals surface area contributed by atoms with E-state index in [9.17, 15) is 4.79 Å². The van der Waals surface area contributed by atoms with E-state index in [1.807, 2.05) is 62.1 Å². The van der Waals surface area contributed by atoms with E-state index in [-0.39, 0.29) is 6.09 Å². The molecule has 1 atom stereocenters. The first-order valence-corrected chi connectivity index (χ1v) is 13.0. The van der Waals surface area contributed by atoms with Crippen LogP contribution in [0.4, 0.5) is 4.79 Å². The second-order valence-electron chi connectivity index (χ2n) is 10.4. The average molecular weight is 514 g/mol. The molecular formula is C28H36ClN3O4. The lowest BCUT2D eigenvalue weighted by molar-refractivity contribution is 0.0160. The van der Waals surface area contributed by atoms with Crippen molar-refractivity contribution in [2.75, 3.05) is 20.2 Å². The lowest BCUT2D eigenvalue weighted by atomic mass is 9.93. The van der Waals surface area contributed by atoms with E-state index in [1.165, 1.54) is 0 Å². The third kappa shape index (κ3) is 6.84. The zero-order valence-corrected chi connectivity index (χ0v) is 22.4. The number of nitrogens with zero attached hydrogens (tertiary/aromatic N) is 3. The SMILES string of the molecule is COc1ccc2c(c1)nc(COc1ccc(Cl)cc1)n2CCCC1CCCN(C(=O)OC(C)(C)C)C1. The fraction of sp³-hybridized carbons (Fsp3) is 0.500. The summed E-state index contributed by atoms with van der Waals surface area (Å²) in [6.45, 7) is 8.43. The Morgan fingerprint density at radius 3 is 2.61 bits per heavy atom. The molecule has 1 saturated heterocycles. The molecule has 2 aromatic carbocycles. The van der Waals surface area contributed by atoms with Crippen molar-refractivity contribution < 1.29 is 19.0 Å². The molecule has 7 nitrogen and oxygen atoms in total. The van der Waals surface area contributed by atoms with Gasteiger partial charge in [0.15, 0.2) is 0 Å². The van der Waals surface area contributed by atoms with Crippen molar-refractivity contribution in [2.45, 2.75) is 65.2 Å². The van der Waals surface area contributed by atoms with E-state index in [1.54, 1.807) is 7.11 Å². The van der Waals surface area contributed by atoms with Crippen LogP contribution in [-0.2, 0) is 17.9 Å². The number of fused-ring (bicyclic) bond motifs is 1. The first-order chi connectivity index (χ1) is 17.2. The third-order valence-corrected chi connectivity index (χ3v) is 6.63. The number of likely N-dealkylation sites (tertiary alicyclic amines) is 1. The predicted octanol–water partition coefficient (Wildman–Crippen LogP) is 6.70. The molecule has 194 valence electrons. The van der Waals surface area contributed by atoms with Gasteiger partial charge in [0.1, 0.15) is 29.5 Å². The number of hydrogen-bond acceptors (Lipinski definition) is 5. The molecule has 1 aliphatic heterocycles. The maximum absolute atomic E-state index is 12.5. The first kappa shape index (κ1) is 26.1. The maximum atomic E-state index is 12.5.